The number of fused-ring (bicyclic) bond motifs is 1. The molecular weight excluding hydrogens is 527 g/mol. The standard InChI is InChI=1S/C30H29FN6O4/c1-18-27(41-30-7-9-33-28(35-30)17-40-26-6-4-22(31)11-21(26)13-32)15-36(18)16-29-34-24-5-3-20(19(2)38)12-25(24)37(29)14-23-8-10-39-23/h3-7,9,11-12,18,23,27H,8,10,14-17H2,1-2H3/t18-,23-,27-/m0/s1. The molecule has 2 aromatic carbocycles. The van der Waals surface area contributed by atoms with Crippen molar-refractivity contribution >= 4 is 16.8 Å². The number of benzene rings is 2. The van der Waals surface area contributed by atoms with Crippen molar-refractivity contribution in [3.63, 3.8) is 0 Å². The molecule has 2 fully saturated rings. The van der Waals surface area contributed by atoms with Gasteiger partial charge in [-0.05, 0) is 56.7 Å². The van der Waals surface area contributed by atoms with Gasteiger partial charge in [0.15, 0.2) is 11.6 Å². The quantitative estimate of drug-likeness (QED) is 0.267. The van der Waals surface area contributed by atoms with Crippen LogP contribution in [0.4, 0.5) is 4.39 Å². The van der Waals surface area contributed by atoms with E-state index in [1.807, 2.05) is 24.3 Å². The summed E-state index contributed by atoms with van der Waals surface area (Å²) < 4.78 is 33.1. The molecule has 0 unspecified atom stereocenters. The summed E-state index contributed by atoms with van der Waals surface area (Å²) in [5, 5.41) is 9.22. The van der Waals surface area contributed by atoms with Crippen molar-refractivity contribution in [1.82, 2.24) is 24.4 Å². The highest BCUT2D eigenvalue weighted by Crippen LogP contribution is 2.28. The zero-order valence-corrected chi connectivity index (χ0v) is 22.8. The van der Waals surface area contributed by atoms with E-state index in [1.165, 1.54) is 12.1 Å². The number of rotatable bonds is 10. The zero-order valence-electron chi connectivity index (χ0n) is 22.8. The van der Waals surface area contributed by atoms with Crippen LogP contribution in [0.1, 0.15) is 47.8 Å². The second-order valence-corrected chi connectivity index (χ2v) is 10.4. The summed E-state index contributed by atoms with van der Waals surface area (Å²) in [5.74, 6) is 1.53. The molecule has 4 aromatic rings. The van der Waals surface area contributed by atoms with Gasteiger partial charge in [-0.2, -0.15) is 10.2 Å². The normalized spacial score (nSPS) is 20.2. The molecular formula is C30H29FN6O4. The highest BCUT2D eigenvalue weighted by molar-refractivity contribution is 5.97. The number of likely N-dealkylation sites (tertiary alicyclic amines) is 1. The molecule has 0 saturated carbocycles. The van der Waals surface area contributed by atoms with Crippen molar-refractivity contribution in [3.8, 4) is 17.7 Å². The number of Topliss-reactive ketones (excluding diaryl/α,β-unsaturated/α-hetero) is 1. The summed E-state index contributed by atoms with van der Waals surface area (Å²) in [4.78, 5) is 27.9. The second kappa shape index (κ2) is 11.2. The van der Waals surface area contributed by atoms with Crippen molar-refractivity contribution in [2.75, 3.05) is 13.2 Å². The summed E-state index contributed by atoms with van der Waals surface area (Å²) in [7, 11) is 0. The zero-order chi connectivity index (χ0) is 28.5. The van der Waals surface area contributed by atoms with E-state index in [0.29, 0.717) is 36.9 Å². The lowest BCUT2D eigenvalue weighted by molar-refractivity contribution is -0.0616. The first-order chi connectivity index (χ1) is 19.9. The van der Waals surface area contributed by atoms with Gasteiger partial charge in [-0.25, -0.2) is 14.4 Å². The van der Waals surface area contributed by atoms with Crippen molar-refractivity contribution in [2.24, 2.45) is 0 Å². The van der Waals surface area contributed by atoms with Gasteiger partial charge in [0.25, 0.3) is 0 Å². The third-order valence-corrected chi connectivity index (χ3v) is 7.66. The molecule has 210 valence electrons. The lowest BCUT2D eigenvalue weighted by atomic mass is 10.0. The van der Waals surface area contributed by atoms with Crippen LogP contribution in [0.2, 0.25) is 0 Å². The van der Waals surface area contributed by atoms with Crippen LogP contribution < -0.4 is 9.47 Å². The van der Waals surface area contributed by atoms with Gasteiger partial charge < -0.3 is 18.8 Å². The Balaban J connectivity index is 1.10. The molecule has 4 heterocycles. The Kier molecular flexibility index (Phi) is 7.34. The molecule has 0 bridgehead atoms. The number of nitriles is 1. The molecule has 0 spiro atoms. The van der Waals surface area contributed by atoms with Crippen molar-refractivity contribution in [3.05, 3.63) is 77.3 Å². The van der Waals surface area contributed by atoms with E-state index in [1.54, 1.807) is 19.2 Å². The average molecular weight is 557 g/mol. The Morgan fingerprint density at radius 2 is 2.07 bits per heavy atom. The maximum Gasteiger partial charge on any atom is 0.217 e. The second-order valence-electron chi connectivity index (χ2n) is 10.4. The van der Waals surface area contributed by atoms with Crippen LogP contribution in [0.25, 0.3) is 11.0 Å². The number of halogens is 1. The summed E-state index contributed by atoms with van der Waals surface area (Å²) in [6.07, 6.45) is 2.69. The van der Waals surface area contributed by atoms with Crippen molar-refractivity contribution in [2.45, 2.75) is 58.2 Å². The van der Waals surface area contributed by atoms with E-state index in [2.05, 4.69) is 26.4 Å². The Morgan fingerprint density at radius 3 is 2.80 bits per heavy atom. The number of ketones is 1. The van der Waals surface area contributed by atoms with Gasteiger partial charge in [-0.1, -0.05) is 0 Å². The molecule has 0 N–H and O–H groups in total. The smallest absolute Gasteiger partial charge is 0.217 e. The third-order valence-electron chi connectivity index (χ3n) is 7.66. The SMILES string of the molecule is CC(=O)c1ccc2nc(CN3C[C@H](Oc4ccnc(COc5ccc(F)cc5C#N)n4)[C@@H]3C)n(C[C@@H]3CCO3)c2c1. The maximum absolute atomic E-state index is 13.4. The van der Waals surface area contributed by atoms with Crippen LogP contribution in [0.5, 0.6) is 11.6 Å². The predicted octanol–water partition coefficient (Wildman–Crippen LogP) is 4.06. The summed E-state index contributed by atoms with van der Waals surface area (Å²) in [6.45, 7) is 6.50. The summed E-state index contributed by atoms with van der Waals surface area (Å²) >= 11 is 0. The van der Waals surface area contributed by atoms with Crippen LogP contribution in [0.15, 0.2) is 48.7 Å². The van der Waals surface area contributed by atoms with Gasteiger partial charge in [-0.3, -0.25) is 9.69 Å². The third kappa shape index (κ3) is 5.62. The molecule has 2 aliphatic heterocycles. The first-order valence-electron chi connectivity index (χ1n) is 13.5. The number of nitrogens with zero attached hydrogens (tertiary/aromatic N) is 6. The van der Waals surface area contributed by atoms with E-state index < -0.39 is 5.82 Å². The van der Waals surface area contributed by atoms with E-state index >= 15 is 0 Å². The maximum atomic E-state index is 13.4. The van der Waals surface area contributed by atoms with Gasteiger partial charge >= 0.3 is 0 Å². The summed E-state index contributed by atoms with van der Waals surface area (Å²) in [5.41, 5.74) is 2.59. The number of hydrogen-bond donors (Lipinski definition) is 0. The highest BCUT2D eigenvalue weighted by Gasteiger charge is 2.38. The van der Waals surface area contributed by atoms with Gasteiger partial charge in [0.2, 0.25) is 5.88 Å². The van der Waals surface area contributed by atoms with E-state index in [9.17, 15) is 14.4 Å². The van der Waals surface area contributed by atoms with E-state index in [0.717, 1.165) is 36.0 Å². The van der Waals surface area contributed by atoms with E-state index in [-0.39, 0.29) is 42.0 Å². The number of ether oxygens (including phenoxy) is 3. The fourth-order valence-corrected chi connectivity index (χ4v) is 5.05. The van der Waals surface area contributed by atoms with Crippen LogP contribution in [0.3, 0.4) is 0 Å². The van der Waals surface area contributed by atoms with Gasteiger partial charge in [-0.15, -0.1) is 0 Å². The number of carbonyl (C=O) groups is 1. The molecule has 6 rings (SSSR count). The number of hydrogen-bond acceptors (Lipinski definition) is 9. The minimum atomic E-state index is -0.504. The molecule has 3 atom stereocenters. The van der Waals surface area contributed by atoms with Gasteiger partial charge in [0.1, 0.15) is 36.2 Å². The molecule has 2 saturated heterocycles. The Labute approximate surface area is 236 Å². The van der Waals surface area contributed by atoms with Crippen molar-refractivity contribution in [1.29, 1.82) is 5.26 Å². The minimum absolute atomic E-state index is 0.0100. The Bertz CT molecular complexity index is 1650. The first kappa shape index (κ1) is 26.8. The minimum Gasteiger partial charge on any atom is -0.484 e. The monoisotopic (exact) mass is 556 g/mol. The van der Waals surface area contributed by atoms with Crippen LogP contribution in [0, 0.1) is 17.1 Å². The number of carbonyl (C=O) groups excluding carboxylic acids is 1. The first-order valence-corrected chi connectivity index (χ1v) is 13.5. The predicted molar refractivity (Wildman–Crippen MR) is 146 cm³/mol. The highest BCUT2D eigenvalue weighted by atomic mass is 19.1. The number of aromatic nitrogens is 4. The van der Waals surface area contributed by atoms with Crippen LogP contribution in [-0.2, 0) is 24.4 Å². The molecule has 11 heteroatoms. The fraction of sp³-hybridized carbons (Fsp3) is 0.367. The topological polar surface area (TPSA) is 115 Å². The molecule has 10 nitrogen and oxygen atoms in total. The number of imidazole rings is 1. The Morgan fingerprint density at radius 1 is 1.22 bits per heavy atom. The molecule has 41 heavy (non-hydrogen) atoms. The van der Waals surface area contributed by atoms with Crippen molar-refractivity contribution < 1.29 is 23.4 Å². The largest absolute Gasteiger partial charge is 0.484 e. The molecule has 0 amide bonds. The fourth-order valence-electron chi connectivity index (χ4n) is 5.05. The van der Waals surface area contributed by atoms with Crippen LogP contribution >= 0.6 is 0 Å². The van der Waals surface area contributed by atoms with Crippen LogP contribution in [-0.4, -0.2) is 61.6 Å². The molecule has 2 aliphatic rings. The molecule has 0 radical (unpaired) electrons. The average Bonchev–Trinajstić information content (AvgIpc) is 3.29. The molecule has 2 aromatic heterocycles. The molecule has 0 aliphatic carbocycles. The summed E-state index contributed by atoms with van der Waals surface area (Å²) in [6, 6.07) is 13.2. The van der Waals surface area contributed by atoms with Gasteiger partial charge in [0, 0.05) is 37.0 Å². The van der Waals surface area contributed by atoms with E-state index in [4.69, 9.17) is 19.2 Å². The Hall–Kier alpha value is -4.40. The lowest BCUT2D eigenvalue weighted by Crippen LogP contribution is -2.60. The van der Waals surface area contributed by atoms with Gasteiger partial charge in [0.05, 0.1) is 35.8 Å². The lowest BCUT2D eigenvalue weighted by Gasteiger charge is -2.45.